The number of nitrogens with zero attached hydrogens (tertiary/aromatic N) is 3. The van der Waals surface area contributed by atoms with Crippen LogP contribution in [0.4, 0.5) is 0 Å². The normalized spacial score (nSPS) is 16.3. The van der Waals surface area contributed by atoms with Gasteiger partial charge in [-0.25, -0.2) is 9.97 Å². The first-order valence-corrected chi connectivity index (χ1v) is 6.70. The van der Waals surface area contributed by atoms with Gasteiger partial charge in [0.05, 0.1) is 5.69 Å². The maximum atomic E-state index is 11.9. The highest BCUT2D eigenvalue weighted by Gasteiger charge is 2.23. The maximum absolute atomic E-state index is 11.9. The molecule has 3 rings (SSSR count). The van der Waals surface area contributed by atoms with Gasteiger partial charge in [-0.2, -0.15) is 5.10 Å². The number of hydrogen-bond donors (Lipinski definition) is 2. The highest BCUT2D eigenvalue weighted by Crippen LogP contribution is 2.35. The van der Waals surface area contributed by atoms with Crippen molar-refractivity contribution in [3.05, 3.63) is 26.8 Å². The third-order valence-electron chi connectivity index (χ3n) is 3.27. The minimum Gasteiger partial charge on any atom is -0.303 e. The van der Waals surface area contributed by atoms with Crippen molar-refractivity contribution < 1.29 is 0 Å². The molecule has 2 N–H and O–H groups in total. The number of halogens is 1. The lowest BCUT2D eigenvalue weighted by Crippen LogP contribution is -2.15. The van der Waals surface area contributed by atoms with Gasteiger partial charge in [-0.1, -0.05) is 12.8 Å². The molecule has 2 aromatic rings. The van der Waals surface area contributed by atoms with E-state index >= 15 is 0 Å². The van der Waals surface area contributed by atoms with E-state index in [0.29, 0.717) is 22.0 Å². The molecular formula is C11H12BrN5O. The Bertz CT molecular complexity index is 600. The summed E-state index contributed by atoms with van der Waals surface area (Å²) in [5, 5.41) is 6.48. The van der Waals surface area contributed by atoms with E-state index in [1.165, 1.54) is 19.2 Å². The highest BCUT2D eigenvalue weighted by molar-refractivity contribution is 9.10. The summed E-state index contributed by atoms with van der Waals surface area (Å²) in [5.41, 5.74) is 0.668. The average molecular weight is 310 g/mol. The van der Waals surface area contributed by atoms with Gasteiger partial charge in [0.15, 0.2) is 11.6 Å². The topological polar surface area (TPSA) is 87.3 Å². The summed E-state index contributed by atoms with van der Waals surface area (Å²) < 4.78 is 0.540. The fourth-order valence-corrected chi connectivity index (χ4v) is 2.89. The zero-order chi connectivity index (χ0) is 12.5. The van der Waals surface area contributed by atoms with E-state index in [4.69, 9.17) is 0 Å². The van der Waals surface area contributed by atoms with E-state index in [1.54, 1.807) is 0 Å². The van der Waals surface area contributed by atoms with Gasteiger partial charge in [-0.3, -0.25) is 9.89 Å². The second-order valence-electron chi connectivity index (χ2n) is 4.43. The van der Waals surface area contributed by atoms with Gasteiger partial charge in [-0.15, -0.1) is 0 Å². The van der Waals surface area contributed by atoms with E-state index in [0.717, 1.165) is 18.5 Å². The fraction of sp³-hybridized carbons (Fsp3) is 0.455. The molecule has 1 aliphatic carbocycles. The van der Waals surface area contributed by atoms with Crippen LogP contribution in [0.2, 0.25) is 0 Å². The van der Waals surface area contributed by atoms with Crippen LogP contribution in [0.25, 0.3) is 11.6 Å². The second-order valence-corrected chi connectivity index (χ2v) is 5.22. The monoisotopic (exact) mass is 309 g/mol. The van der Waals surface area contributed by atoms with E-state index in [-0.39, 0.29) is 5.56 Å². The van der Waals surface area contributed by atoms with Gasteiger partial charge in [0.2, 0.25) is 0 Å². The van der Waals surface area contributed by atoms with Gasteiger partial charge in [0.25, 0.3) is 5.56 Å². The van der Waals surface area contributed by atoms with Crippen molar-refractivity contribution in [1.82, 2.24) is 25.1 Å². The Morgan fingerprint density at radius 2 is 2.06 bits per heavy atom. The van der Waals surface area contributed by atoms with Crippen molar-refractivity contribution in [2.24, 2.45) is 0 Å². The zero-order valence-corrected chi connectivity index (χ0v) is 11.2. The number of nitrogens with one attached hydrogen (secondary N) is 2. The summed E-state index contributed by atoms with van der Waals surface area (Å²) in [6.45, 7) is 0. The molecule has 0 aromatic carbocycles. The van der Waals surface area contributed by atoms with Gasteiger partial charge < -0.3 is 4.98 Å². The molecule has 7 heteroatoms. The largest absolute Gasteiger partial charge is 0.303 e. The summed E-state index contributed by atoms with van der Waals surface area (Å²) >= 11 is 3.34. The molecule has 18 heavy (non-hydrogen) atoms. The maximum Gasteiger partial charge on any atom is 0.265 e. The molecule has 1 aliphatic rings. The molecule has 1 fully saturated rings. The molecule has 94 valence electrons. The lowest BCUT2D eigenvalue weighted by atomic mass is 10.0. The van der Waals surface area contributed by atoms with Crippen molar-refractivity contribution in [2.75, 3.05) is 0 Å². The molecule has 0 aliphatic heterocycles. The Morgan fingerprint density at radius 1 is 1.28 bits per heavy atom. The molecule has 2 heterocycles. The van der Waals surface area contributed by atoms with Gasteiger partial charge >= 0.3 is 0 Å². The summed E-state index contributed by atoms with van der Waals surface area (Å²) in [7, 11) is 0. The van der Waals surface area contributed by atoms with Crippen molar-refractivity contribution >= 4 is 15.9 Å². The van der Waals surface area contributed by atoms with Crippen LogP contribution < -0.4 is 5.56 Å². The molecule has 1 saturated carbocycles. The molecule has 0 unspecified atom stereocenters. The predicted octanol–water partition coefficient (Wildman–Crippen LogP) is 1.98. The Balaban J connectivity index is 2.10. The average Bonchev–Trinajstić information content (AvgIpc) is 3.03. The smallest absolute Gasteiger partial charge is 0.265 e. The molecule has 0 spiro atoms. The summed E-state index contributed by atoms with van der Waals surface area (Å²) in [6, 6.07) is 0. The lowest BCUT2D eigenvalue weighted by molar-refractivity contribution is 0.687. The van der Waals surface area contributed by atoms with Crippen LogP contribution in [0, 0.1) is 0 Å². The first-order chi connectivity index (χ1) is 8.75. The van der Waals surface area contributed by atoms with Crippen molar-refractivity contribution in [3.8, 4) is 11.6 Å². The number of hydrogen-bond acceptors (Lipinski definition) is 4. The standard InChI is InChI=1S/C11H12BrN5O/c12-7-8(6-3-1-2-4-6)15-10(16-11(7)18)9-13-5-14-17-9/h5-6H,1-4H2,(H,13,14,17)(H,15,16,18). The molecule has 0 atom stereocenters. The third-order valence-corrected chi connectivity index (χ3v) is 4.04. The van der Waals surface area contributed by atoms with Crippen LogP contribution in [0.5, 0.6) is 0 Å². The van der Waals surface area contributed by atoms with Gasteiger partial charge in [-0.05, 0) is 28.8 Å². The third kappa shape index (κ3) is 1.98. The molecule has 0 amide bonds. The number of rotatable bonds is 2. The minimum absolute atomic E-state index is 0.168. The zero-order valence-electron chi connectivity index (χ0n) is 9.61. The fourth-order valence-electron chi connectivity index (χ4n) is 2.38. The number of aromatic nitrogens is 5. The Kier molecular flexibility index (Phi) is 2.99. The minimum atomic E-state index is -0.168. The van der Waals surface area contributed by atoms with Crippen molar-refractivity contribution in [3.63, 3.8) is 0 Å². The molecule has 6 nitrogen and oxygen atoms in total. The molecule has 0 bridgehead atoms. The SMILES string of the molecule is O=c1[nH]c(-c2ncn[nH]2)nc(C2CCCC2)c1Br. The van der Waals surface area contributed by atoms with Crippen LogP contribution >= 0.6 is 15.9 Å². The quantitative estimate of drug-likeness (QED) is 0.888. The number of aromatic amines is 2. The predicted molar refractivity (Wildman–Crippen MR) is 69.1 cm³/mol. The molecular weight excluding hydrogens is 298 g/mol. The van der Waals surface area contributed by atoms with Crippen LogP contribution in [0.15, 0.2) is 15.6 Å². The van der Waals surface area contributed by atoms with Crippen LogP contribution in [-0.4, -0.2) is 25.1 Å². The van der Waals surface area contributed by atoms with E-state index in [2.05, 4.69) is 41.1 Å². The summed E-state index contributed by atoms with van der Waals surface area (Å²) in [6.07, 6.45) is 5.97. The highest BCUT2D eigenvalue weighted by atomic mass is 79.9. The lowest BCUT2D eigenvalue weighted by Gasteiger charge is -2.10. The van der Waals surface area contributed by atoms with Crippen LogP contribution in [-0.2, 0) is 0 Å². The van der Waals surface area contributed by atoms with E-state index in [9.17, 15) is 4.79 Å². The van der Waals surface area contributed by atoms with Crippen LogP contribution in [0.1, 0.15) is 37.3 Å². The van der Waals surface area contributed by atoms with Gasteiger partial charge in [0.1, 0.15) is 10.8 Å². The Morgan fingerprint density at radius 3 is 2.72 bits per heavy atom. The van der Waals surface area contributed by atoms with Crippen LogP contribution in [0.3, 0.4) is 0 Å². The second kappa shape index (κ2) is 4.64. The van der Waals surface area contributed by atoms with Crippen molar-refractivity contribution in [1.29, 1.82) is 0 Å². The first kappa shape index (κ1) is 11.6. The van der Waals surface area contributed by atoms with E-state index in [1.807, 2.05) is 0 Å². The molecule has 0 radical (unpaired) electrons. The summed E-state index contributed by atoms with van der Waals surface area (Å²) in [5.74, 6) is 1.30. The van der Waals surface area contributed by atoms with E-state index < -0.39 is 0 Å². The molecule has 0 saturated heterocycles. The first-order valence-electron chi connectivity index (χ1n) is 5.91. The molecule has 2 aromatic heterocycles. The van der Waals surface area contributed by atoms with Gasteiger partial charge in [0, 0.05) is 5.92 Å². The Labute approximate surface area is 111 Å². The Hall–Kier alpha value is -1.50. The summed E-state index contributed by atoms with van der Waals surface area (Å²) in [4.78, 5) is 23.1. The number of H-pyrrole nitrogens is 2. The van der Waals surface area contributed by atoms with Crippen molar-refractivity contribution in [2.45, 2.75) is 31.6 Å².